The van der Waals surface area contributed by atoms with Gasteiger partial charge in [0.05, 0.1) is 15.8 Å². The molecule has 0 aromatic heterocycles. The van der Waals surface area contributed by atoms with Crippen LogP contribution in [0.15, 0.2) is 46.9 Å². The van der Waals surface area contributed by atoms with E-state index in [1.165, 1.54) is 18.2 Å². The number of carbonyl (C=O) groups is 2. The van der Waals surface area contributed by atoms with Gasteiger partial charge in [-0.1, -0.05) is 76.6 Å². The van der Waals surface area contributed by atoms with E-state index in [1.54, 1.807) is 11.0 Å². The minimum atomic E-state index is -0.548. The first-order chi connectivity index (χ1) is 15.8. The number of hydrogen-bond donors (Lipinski definition) is 1. The van der Waals surface area contributed by atoms with E-state index < -0.39 is 6.04 Å². The van der Waals surface area contributed by atoms with Gasteiger partial charge in [0.2, 0.25) is 11.8 Å². The molecule has 0 saturated heterocycles. The second-order valence-corrected chi connectivity index (χ2v) is 11.1. The van der Waals surface area contributed by atoms with Crippen LogP contribution in [0.1, 0.15) is 50.2 Å². The van der Waals surface area contributed by atoms with E-state index >= 15 is 0 Å². The van der Waals surface area contributed by atoms with Gasteiger partial charge in [-0.15, -0.1) is 11.8 Å². The van der Waals surface area contributed by atoms with Gasteiger partial charge in [-0.05, 0) is 55.2 Å². The predicted octanol–water partition coefficient (Wildman–Crippen LogP) is 6.86. The summed E-state index contributed by atoms with van der Waals surface area (Å²) in [6, 6.07) is 13.0. The fourth-order valence-corrected chi connectivity index (χ4v) is 5.35. The van der Waals surface area contributed by atoms with Crippen LogP contribution < -0.4 is 5.32 Å². The molecule has 2 aromatic carbocycles. The van der Waals surface area contributed by atoms with Crippen LogP contribution in [0.5, 0.6) is 0 Å². The van der Waals surface area contributed by atoms with Gasteiger partial charge < -0.3 is 10.2 Å². The van der Waals surface area contributed by atoms with E-state index in [1.807, 2.05) is 43.3 Å². The number of rotatable bonds is 9. The molecule has 2 aromatic rings. The Kier molecular flexibility index (Phi) is 10.4. The van der Waals surface area contributed by atoms with E-state index in [9.17, 15) is 9.59 Å². The van der Waals surface area contributed by atoms with E-state index in [-0.39, 0.29) is 23.6 Å². The van der Waals surface area contributed by atoms with Crippen LogP contribution in [0, 0.1) is 0 Å². The molecular formula is C25H29BrCl2N2O2S. The Morgan fingerprint density at radius 3 is 2.39 bits per heavy atom. The maximum absolute atomic E-state index is 13.2. The van der Waals surface area contributed by atoms with Crippen LogP contribution in [-0.4, -0.2) is 34.6 Å². The molecule has 1 aliphatic carbocycles. The average molecular weight is 572 g/mol. The number of thioether (sulfide) groups is 1. The molecule has 0 spiro atoms. The SMILES string of the molecule is C[C@@H](C(=O)NC1CCCCC1)N(Cc1ccc(Br)cc1)C(=O)CSCc1ccc(Cl)c(Cl)c1. The monoisotopic (exact) mass is 570 g/mol. The lowest BCUT2D eigenvalue weighted by molar-refractivity contribution is -0.139. The van der Waals surface area contributed by atoms with Crippen LogP contribution in [0.25, 0.3) is 0 Å². The first-order valence-corrected chi connectivity index (χ1v) is 13.9. The molecule has 33 heavy (non-hydrogen) atoms. The molecule has 0 bridgehead atoms. The molecule has 0 aliphatic heterocycles. The van der Waals surface area contributed by atoms with E-state index in [4.69, 9.17) is 23.2 Å². The van der Waals surface area contributed by atoms with Crippen LogP contribution in [0.3, 0.4) is 0 Å². The Morgan fingerprint density at radius 1 is 1.06 bits per heavy atom. The second kappa shape index (κ2) is 13.0. The first kappa shape index (κ1) is 26.4. The van der Waals surface area contributed by atoms with Crippen molar-refractivity contribution in [3.63, 3.8) is 0 Å². The predicted molar refractivity (Wildman–Crippen MR) is 142 cm³/mol. The standard InChI is InChI=1S/C25H29BrCl2N2O2S/c1-17(25(32)29-21-5-3-2-4-6-21)30(14-18-7-10-20(26)11-8-18)24(31)16-33-15-19-9-12-22(27)23(28)13-19/h7-13,17,21H,2-6,14-16H2,1H3,(H,29,32)/t17-/m0/s1. The van der Waals surface area contributed by atoms with Gasteiger partial charge in [0.1, 0.15) is 6.04 Å². The summed E-state index contributed by atoms with van der Waals surface area (Å²) in [5.74, 6) is 0.769. The van der Waals surface area contributed by atoms with Crippen LogP contribution in [0.2, 0.25) is 10.0 Å². The van der Waals surface area contributed by atoms with Gasteiger partial charge in [-0.2, -0.15) is 0 Å². The number of benzene rings is 2. The van der Waals surface area contributed by atoms with Gasteiger partial charge >= 0.3 is 0 Å². The molecule has 0 radical (unpaired) electrons. The van der Waals surface area contributed by atoms with Crippen molar-refractivity contribution >= 4 is 62.7 Å². The minimum Gasteiger partial charge on any atom is -0.352 e. The third-order valence-corrected chi connectivity index (χ3v) is 8.12. The Bertz CT molecular complexity index is 952. The number of halogens is 3. The summed E-state index contributed by atoms with van der Waals surface area (Å²) in [5.41, 5.74) is 1.99. The minimum absolute atomic E-state index is 0.0609. The highest BCUT2D eigenvalue weighted by Crippen LogP contribution is 2.25. The highest BCUT2D eigenvalue weighted by molar-refractivity contribution is 9.10. The highest BCUT2D eigenvalue weighted by Gasteiger charge is 2.28. The molecule has 0 heterocycles. The van der Waals surface area contributed by atoms with Gasteiger partial charge in [0.15, 0.2) is 0 Å². The third kappa shape index (κ3) is 8.20. The van der Waals surface area contributed by atoms with Crippen molar-refractivity contribution in [2.24, 2.45) is 0 Å². The second-order valence-electron chi connectivity index (χ2n) is 8.41. The topological polar surface area (TPSA) is 49.4 Å². The van der Waals surface area contributed by atoms with E-state index in [0.29, 0.717) is 22.3 Å². The summed E-state index contributed by atoms with van der Waals surface area (Å²) < 4.78 is 0.976. The zero-order valence-corrected chi connectivity index (χ0v) is 22.6. The molecule has 0 unspecified atom stereocenters. The van der Waals surface area contributed by atoms with Gasteiger partial charge in [0, 0.05) is 22.8 Å². The highest BCUT2D eigenvalue weighted by atomic mass is 79.9. The largest absolute Gasteiger partial charge is 0.352 e. The van der Waals surface area contributed by atoms with E-state index in [2.05, 4.69) is 21.2 Å². The molecule has 1 aliphatic rings. The fraction of sp³-hybridized carbons (Fsp3) is 0.440. The lowest BCUT2D eigenvalue weighted by Crippen LogP contribution is -2.50. The Morgan fingerprint density at radius 2 is 1.73 bits per heavy atom. The summed E-state index contributed by atoms with van der Waals surface area (Å²) >= 11 is 17.0. The number of nitrogens with one attached hydrogen (secondary N) is 1. The van der Waals surface area contributed by atoms with Crippen molar-refractivity contribution in [2.75, 3.05) is 5.75 Å². The maximum atomic E-state index is 13.2. The summed E-state index contributed by atoms with van der Waals surface area (Å²) in [4.78, 5) is 27.9. The molecule has 178 valence electrons. The van der Waals surface area contributed by atoms with Crippen molar-refractivity contribution in [1.29, 1.82) is 0 Å². The van der Waals surface area contributed by atoms with Crippen molar-refractivity contribution in [3.05, 3.63) is 68.1 Å². The molecule has 1 atom stereocenters. The number of hydrogen-bond acceptors (Lipinski definition) is 3. The molecular weight excluding hydrogens is 543 g/mol. The van der Waals surface area contributed by atoms with E-state index in [0.717, 1.165) is 41.3 Å². The molecule has 1 saturated carbocycles. The Hall–Kier alpha value is -1.21. The van der Waals surface area contributed by atoms with Crippen molar-refractivity contribution < 1.29 is 9.59 Å². The summed E-state index contributed by atoms with van der Waals surface area (Å²) in [7, 11) is 0. The average Bonchev–Trinajstić information content (AvgIpc) is 2.81. The van der Waals surface area contributed by atoms with Crippen LogP contribution in [-0.2, 0) is 21.9 Å². The summed E-state index contributed by atoms with van der Waals surface area (Å²) in [6.45, 7) is 2.21. The fourth-order valence-electron chi connectivity index (χ4n) is 3.91. The molecule has 1 fully saturated rings. The van der Waals surface area contributed by atoms with Crippen molar-refractivity contribution in [3.8, 4) is 0 Å². The third-order valence-electron chi connectivity index (χ3n) is 5.86. The van der Waals surface area contributed by atoms with Crippen molar-refractivity contribution in [1.82, 2.24) is 10.2 Å². The maximum Gasteiger partial charge on any atom is 0.242 e. The summed E-state index contributed by atoms with van der Waals surface area (Å²) in [5, 5.41) is 4.19. The van der Waals surface area contributed by atoms with Gasteiger partial charge in [0.25, 0.3) is 0 Å². The molecule has 2 amide bonds. The van der Waals surface area contributed by atoms with Gasteiger partial charge in [-0.3, -0.25) is 9.59 Å². The first-order valence-electron chi connectivity index (χ1n) is 11.2. The Balaban J connectivity index is 1.65. The Labute approximate surface area is 218 Å². The zero-order valence-electron chi connectivity index (χ0n) is 18.7. The number of amides is 2. The number of carbonyl (C=O) groups excluding carboxylic acids is 2. The quantitative estimate of drug-likeness (QED) is 0.358. The zero-order chi connectivity index (χ0) is 23.8. The molecule has 8 heteroatoms. The molecule has 1 N–H and O–H groups in total. The van der Waals surface area contributed by atoms with Crippen LogP contribution in [0.4, 0.5) is 0 Å². The number of nitrogens with zero attached hydrogens (tertiary/aromatic N) is 1. The lowest BCUT2D eigenvalue weighted by Gasteiger charge is -2.31. The van der Waals surface area contributed by atoms with Crippen LogP contribution >= 0.6 is 50.9 Å². The molecule has 3 rings (SSSR count). The smallest absolute Gasteiger partial charge is 0.242 e. The lowest BCUT2D eigenvalue weighted by atomic mass is 9.95. The molecule has 4 nitrogen and oxygen atoms in total. The normalized spacial score (nSPS) is 15.2. The van der Waals surface area contributed by atoms with Crippen molar-refractivity contribution in [2.45, 2.75) is 63.4 Å². The summed E-state index contributed by atoms with van der Waals surface area (Å²) in [6.07, 6.45) is 5.54. The van der Waals surface area contributed by atoms with Gasteiger partial charge in [-0.25, -0.2) is 0 Å².